The fourth-order valence-electron chi connectivity index (χ4n) is 5.57. The number of fused-ring (bicyclic) bond motifs is 1. The van der Waals surface area contributed by atoms with E-state index in [1.54, 1.807) is 4.90 Å². The molecule has 0 spiro atoms. The third-order valence-electron chi connectivity index (χ3n) is 7.59. The van der Waals surface area contributed by atoms with Gasteiger partial charge in [0.15, 0.2) is 0 Å². The first-order valence-electron chi connectivity index (χ1n) is 11.7. The Morgan fingerprint density at radius 3 is 2.62 bits per heavy atom. The lowest BCUT2D eigenvalue weighted by Gasteiger charge is -2.33. The maximum absolute atomic E-state index is 13.2. The first kappa shape index (κ1) is 21.0. The quantitative estimate of drug-likeness (QED) is 0.630. The summed E-state index contributed by atoms with van der Waals surface area (Å²) >= 11 is 0. The van der Waals surface area contributed by atoms with Crippen molar-refractivity contribution in [1.82, 2.24) is 10.2 Å². The van der Waals surface area contributed by atoms with Crippen molar-refractivity contribution in [3.8, 4) is 0 Å². The summed E-state index contributed by atoms with van der Waals surface area (Å²) in [6, 6.07) is 5.39. The second kappa shape index (κ2) is 8.22. The van der Waals surface area contributed by atoms with Crippen LogP contribution in [0.15, 0.2) is 18.2 Å². The molecule has 8 heteroatoms. The number of hydrogen-bond acceptors (Lipinski definition) is 5. The Balaban J connectivity index is 1.42. The molecule has 8 nitrogen and oxygen atoms in total. The summed E-state index contributed by atoms with van der Waals surface area (Å²) in [7, 11) is 0. The van der Waals surface area contributed by atoms with E-state index in [0.29, 0.717) is 18.5 Å². The number of anilines is 1. The number of amides is 4. The van der Waals surface area contributed by atoms with E-state index < -0.39 is 11.9 Å². The summed E-state index contributed by atoms with van der Waals surface area (Å²) < 4.78 is 0. The van der Waals surface area contributed by atoms with Crippen molar-refractivity contribution in [2.24, 2.45) is 17.6 Å². The standard InChI is InChI=1S/C24H30N4O4/c25-22(30)15-6-7-16(12-15)27(11-10-14-4-5-14)19-3-1-2-17-18(19)13-28(24(17)32)20-8-9-21(29)26-23(20)31/h1-3,14-16,20H,4-13H2,(H2,25,30)(H,26,29,31)/t15-,16+,20?/m0/s1. The van der Waals surface area contributed by atoms with Gasteiger partial charge in [-0.25, -0.2) is 0 Å². The lowest BCUT2D eigenvalue weighted by atomic mass is 10.0. The van der Waals surface area contributed by atoms with E-state index in [0.717, 1.165) is 49.4 Å². The largest absolute Gasteiger partial charge is 0.369 e. The normalized spacial score (nSPS) is 27.4. The molecule has 1 aromatic rings. The van der Waals surface area contributed by atoms with Gasteiger partial charge in [0.05, 0.1) is 0 Å². The predicted octanol–water partition coefficient (Wildman–Crippen LogP) is 1.71. The van der Waals surface area contributed by atoms with Gasteiger partial charge in [-0.15, -0.1) is 0 Å². The lowest BCUT2D eigenvalue weighted by Crippen LogP contribution is -2.52. The van der Waals surface area contributed by atoms with Gasteiger partial charge >= 0.3 is 0 Å². The minimum absolute atomic E-state index is 0.0956. The Bertz CT molecular complexity index is 973. The number of nitrogens with zero attached hydrogens (tertiary/aromatic N) is 2. The Morgan fingerprint density at radius 2 is 1.94 bits per heavy atom. The van der Waals surface area contributed by atoms with Crippen LogP contribution in [0.4, 0.5) is 5.69 Å². The highest BCUT2D eigenvalue weighted by Gasteiger charge is 2.41. The fraction of sp³-hybridized carbons (Fsp3) is 0.583. The van der Waals surface area contributed by atoms with Crippen LogP contribution in [0.5, 0.6) is 0 Å². The molecule has 0 radical (unpaired) electrons. The van der Waals surface area contributed by atoms with E-state index in [1.807, 2.05) is 12.1 Å². The Morgan fingerprint density at radius 1 is 1.12 bits per heavy atom. The molecule has 170 valence electrons. The van der Waals surface area contributed by atoms with Crippen LogP contribution >= 0.6 is 0 Å². The number of nitrogens with one attached hydrogen (secondary N) is 1. The average molecular weight is 439 g/mol. The van der Waals surface area contributed by atoms with E-state index in [9.17, 15) is 19.2 Å². The minimum Gasteiger partial charge on any atom is -0.369 e. The van der Waals surface area contributed by atoms with Crippen LogP contribution in [0.25, 0.3) is 0 Å². The van der Waals surface area contributed by atoms with Gasteiger partial charge < -0.3 is 15.5 Å². The SMILES string of the molecule is NC(=O)[C@H]1CC[C@@H](N(CCC2CC2)c2cccc3c2CN(C2CCC(=O)NC2=O)C3=O)C1. The molecule has 4 amide bonds. The van der Waals surface area contributed by atoms with E-state index >= 15 is 0 Å². The predicted molar refractivity (Wildman–Crippen MR) is 117 cm³/mol. The van der Waals surface area contributed by atoms with Crippen LogP contribution in [0, 0.1) is 11.8 Å². The van der Waals surface area contributed by atoms with Crippen LogP contribution in [0.3, 0.4) is 0 Å². The smallest absolute Gasteiger partial charge is 0.255 e. The molecular formula is C24H30N4O4. The topological polar surface area (TPSA) is 113 Å². The van der Waals surface area contributed by atoms with Gasteiger partial charge in [0, 0.05) is 48.3 Å². The number of imide groups is 1. The minimum atomic E-state index is -0.619. The number of rotatable bonds is 7. The molecule has 2 heterocycles. The van der Waals surface area contributed by atoms with Crippen LogP contribution < -0.4 is 16.0 Å². The van der Waals surface area contributed by atoms with E-state index in [4.69, 9.17) is 5.73 Å². The maximum atomic E-state index is 13.2. The summed E-state index contributed by atoms with van der Waals surface area (Å²) in [5.74, 6) is -0.389. The first-order chi connectivity index (χ1) is 15.4. The number of carbonyl (C=O) groups is 4. The van der Waals surface area contributed by atoms with Crippen LogP contribution in [0.2, 0.25) is 0 Å². The monoisotopic (exact) mass is 438 g/mol. The van der Waals surface area contributed by atoms with E-state index in [1.165, 1.54) is 12.8 Å². The Kier molecular flexibility index (Phi) is 5.39. The summed E-state index contributed by atoms with van der Waals surface area (Å²) in [6.07, 6.45) is 6.71. The van der Waals surface area contributed by atoms with Gasteiger partial charge in [-0.1, -0.05) is 18.9 Å². The molecule has 3 fully saturated rings. The molecule has 1 aromatic carbocycles. The molecule has 32 heavy (non-hydrogen) atoms. The summed E-state index contributed by atoms with van der Waals surface area (Å²) in [6.45, 7) is 1.26. The molecule has 1 unspecified atom stereocenters. The Hall–Kier alpha value is -2.90. The second-order valence-electron chi connectivity index (χ2n) is 9.69. The highest BCUT2D eigenvalue weighted by atomic mass is 16.2. The van der Waals surface area contributed by atoms with Gasteiger partial charge in [-0.2, -0.15) is 0 Å². The van der Waals surface area contributed by atoms with Crippen LogP contribution in [0.1, 0.15) is 67.3 Å². The molecule has 4 aliphatic rings. The summed E-state index contributed by atoms with van der Waals surface area (Å²) in [4.78, 5) is 53.0. The van der Waals surface area contributed by atoms with Crippen molar-refractivity contribution < 1.29 is 19.2 Å². The molecule has 5 rings (SSSR count). The zero-order valence-electron chi connectivity index (χ0n) is 18.2. The number of piperidine rings is 1. The Labute approximate surface area is 187 Å². The third-order valence-corrected chi connectivity index (χ3v) is 7.59. The molecular weight excluding hydrogens is 408 g/mol. The number of carbonyl (C=O) groups excluding carboxylic acids is 4. The summed E-state index contributed by atoms with van der Waals surface area (Å²) in [5, 5.41) is 2.36. The number of nitrogens with two attached hydrogens (primary N) is 1. The highest BCUT2D eigenvalue weighted by Crippen LogP contribution is 2.40. The van der Waals surface area contributed by atoms with Gasteiger partial charge in [0.2, 0.25) is 17.7 Å². The van der Waals surface area contributed by atoms with Crippen molar-refractivity contribution in [2.75, 3.05) is 11.4 Å². The van der Waals surface area contributed by atoms with Gasteiger partial charge in [0.25, 0.3) is 5.91 Å². The lowest BCUT2D eigenvalue weighted by molar-refractivity contribution is -0.137. The van der Waals surface area contributed by atoms with Gasteiger partial charge in [0.1, 0.15) is 6.04 Å². The molecule has 0 aromatic heterocycles. The van der Waals surface area contributed by atoms with Crippen LogP contribution in [-0.4, -0.2) is 47.2 Å². The summed E-state index contributed by atoms with van der Waals surface area (Å²) in [5.41, 5.74) is 8.20. The molecule has 2 aliphatic carbocycles. The number of primary amides is 1. The highest BCUT2D eigenvalue weighted by molar-refractivity contribution is 6.06. The van der Waals surface area contributed by atoms with E-state index in [2.05, 4.69) is 16.3 Å². The van der Waals surface area contributed by atoms with Gasteiger partial charge in [-0.05, 0) is 50.2 Å². The molecule has 2 aliphatic heterocycles. The average Bonchev–Trinajstić information content (AvgIpc) is 3.35. The fourth-order valence-corrected chi connectivity index (χ4v) is 5.57. The number of hydrogen-bond donors (Lipinski definition) is 2. The van der Waals surface area contributed by atoms with Crippen molar-refractivity contribution in [1.29, 1.82) is 0 Å². The van der Waals surface area contributed by atoms with Crippen molar-refractivity contribution in [3.05, 3.63) is 29.3 Å². The first-order valence-corrected chi connectivity index (χ1v) is 11.7. The zero-order chi connectivity index (χ0) is 22.4. The molecule has 1 saturated heterocycles. The molecule has 3 N–H and O–H groups in total. The van der Waals surface area contributed by atoms with Crippen molar-refractivity contribution >= 4 is 29.3 Å². The number of benzene rings is 1. The second-order valence-corrected chi connectivity index (χ2v) is 9.69. The zero-order valence-corrected chi connectivity index (χ0v) is 18.2. The van der Waals surface area contributed by atoms with Crippen LogP contribution in [-0.2, 0) is 20.9 Å². The third kappa shape index (κ3) is 3.87. The van der Waals surface area contributed by atoms with E-state index in [-0.39, 0.29) is 36.1 Å². The maximum Gasteiger partial charge on any atom is 0.255 e. The molecule has 2 saturated carbocycles. The van der Waals surface area contributed by atoms with Crippen molar-refractivity contribution in [3.63, 3.8) is 0 Å². The van der Waals surface area contributed by atoms with Crippen molar-refractivity contribution in [2.45, 2.75) is 70.0 Å². The van der Waals surface area contributed by atoms with Gasteiger partial charge in [-0.3, -0.25) is 24.5 Å². The molecule has 0 bridgehead atoms. The molecule has 3 atom stereocenters.